The van der Waals surface area contributed by atoms with Crippen molar-refractivity contribution in [1.82, 2.24) is 35.3 Å². The van der Waals surface area contributed by atoms with Crippen LogP contribution in [0.15, 0.2) is 53.4 Å². The summed E-state index contributed by atoms with van der Waals surface area (Å²) in [5.41, 5.74) is 1.29. The maximum Gasteiger partial charge on any atom is 0.405 e. The molecule has 6 rings (SSSR count). The van der Waals surface area contributed by atoms with Crippen LogP contribution in [0.25, 0.3) is 11.5 Å². The number of ether oxygens (including phenoxy) is 3. The van der Waals surface area contributed by atoms with Crippen molar-refractivity contribution in [1.29, 1.82) is 0 Å². The highest BCUT2D eigenvalue weighted by Gasteiger charge is 2.45. The normalized spacial score (nSPS) is 15.8. The maximum absolute atomic E-state index is 13.2. The number of halogens is 3. The van der Waals surface area contributed by atoms with Gasteiger partial charge in [-0.2, -0.15) is 18.3 Å². The molecule has 60 heavy (non-hydrogen) atoms. The number of imide groups is 2. The fourth-order valence-corrected chi connectivity index (χ4v) is 6.16. The van der Waals surface area contributed by atoms with Crippen LogP contribution in [0.4, 0.5) is 30.4 Å². The van der Waals surface area contributed by atoms with Crippen molar-refractivity contribution in [3.8, 4) is 11.5 Å². The number of aliphatic hydroxyl groups is 1. The Labute approximate surface area is 339 Å². The molecule has 20 nitrogen and oxygen atoms in total. The van der Waals surface area contributed by atoms with E-state index >= 15 is 0 Å². The van der Waals surface area contributed by atoms with Crippen LogP contribution >= 0.6 is 0 Å². The Hall–Kier alpha value is -6.43. The highest BCUT2D eigenvalue weighted by atomic mass is 19.4. The lowest BCUT2D eigenvalue weighted by Gasteiger charge is -2.27. The Kier molecular flexibility index (Phi) is 14.1. The third kappa shape index (κ3) is 11.0. The van der Waals surface area contributed by atoms with Gasteiger partial charge in [0, 0.05) is 50.2 Å². The van der Waals surface area contributed by atoms with Gasteiger partial charge in [-0.3, -0.25) is 38.9 Å². The third-order valence-electron chi connectivity index (χ3n) is 8.92. The van der Waals surface area contributed by atoms with E-state index < -0.39 is 54.5 Å². The molecule has 6 N–H and O–H groups in total. The number of nitrogens with one attached hydrogen (secondary N) is 5. The van der Waals surface area contributed by atoms with E-state index in [0.717, 1.165) is 11.2 Å². The molecule has 3 aromatic heterocycles. The van der Waals surface area contributed by atoms with Gasteiger partial charge in [0.05, 0.1) is 56.5 Å². The molecule has 2 unspecified atom stereocenters. The number of pyridine rings is 1. The van der Waals surface area contributed by atoms with Crippen molar-refractivity contribution in [3.63, 3.8) is 0 Å². The summed E-state index contributed by atoms with van der Waals surface area (Å²) >= 11 is 0. The van der Waals surface area contributed by atoms with Gasteiger partial charge in [-0.25, -0.2) is 9.97 Å². The van der Waals surface area contributed by atoms with Crippen molar-refractivity contribution < 1.29 is 60.9 Å². The molecule has 1 fully saturated rings. The molecule has 0 spiro atoms. The second-order valence-electron chi connectivity index (χ2n) is 13.3. The fraction of sp³-hybridized carbons (Fsp3) is 0.405. The SMILES string of the molecule is Cn1cc(NC(O)c2coc(-c3ccnc(NCC(F)(F)F)c3)n2)c(C(=O)NCCOCCOCCOCCNc2cccc3c2C(=O)N(C2CCC(=O)NC2=O)C3=O)n1. The highest BCUT2D eigenvalue weighted by Crippen LogP contribution is 2.32. The van der Waals surface area contributed by atoms with Gasteiger partial charge >= 0.3 is 6.18 Å². The molecule has 0 saturated carbocycles. The summed E-state index contributed by atoms with van der Waals surface area (Å²) in [6.07, 6.45) is -1.85. The number of benzene rings is 1. The van der Waals surface area contributed by atoms with E-state index in [2.05, 4.69) is 41.7 Å². The fourth-order valence-electron chi connectivity index (χ4n) is 6.16. The first kappa shape index (κ1) is 43.2. The van der Waals surface area contributed by atoms with Gasteiger partial charge in [-0.1, -0.05) is 6.07 Å². The van der Waals surface area contributed by atoms with Crippen molar-refractivity contribution in [2.75, 3.05) is 75.2 Å². The Morgan fingerprint density at radius 1 is 1.00 bits per heavy atom. The number of anilines is 3. The summed E-state index contributed by atoms with van der Waals surface area (Å²) in [7, 11) is 1.59. The number of piperidine rings is 1. The van der Waals surface area contributed by atoms with Gasteiger partial charge in [0.25, 0.3) is 17.7 Å². The molecular formula is C37H41F3N10O10. The van der Waals surface area contributed by atoms with E-state index in [9.17, 15) is 42.3 Å². The zero-order valence-corrected chi connectivity index (χ0v) is 32.0. The van der Waals surface area contributed by atoms with E-state index in [4.69, 9.17) is 18.6 Å². The third-order valence-corrected chi connectivity index (χ3v) is 8.92. The van der Waals surface area contributed by atoms with Gasteiger partial charge in [0.1, 0.15) is 30.4 Å². The van der Waals surface area contributed by atoms with Crippen molar-refractivity contribution >= 4 is 46.7 Å². The number of amides is 5. The number of fused-ring (bicyclic) bond motifs is 1. The number of hydrogen-bond donors (Lipinski definition) is 6. The molecule has 0 aliphatic carbocycles. The molecule has 4 aromatic rings. The molecule has 0 bridgehead atoms. The van der Waals surface area contributed by atoms with E-state index in [0.29, 0.717) is 17.8 Å². The van der Waals surface area contributed by atoms with Crippen LogP contribution in [0, 0.1) is 0 Å². The smallest absolute Gasteiger partial charge is 0.405 e. The van der Waals surface area contributed by atoms with Gasteiger partial charge in [0.2, 0.25) is 17.7 Å². The number of alkyl halides is 3. The second-order valence-corrected chi connectivity index (χ2v) is 13.3. The summed E-state index contributed by atoms with van der Waals surface area (Å²) < 4.78 is 61.1. The molecule has 320 valence electrons. The van der Waals surface area contributed by atoms with Gasteiger partial charge in [-0.05, 0) is 30.7 Å². The Balaban J connectivity index is 0.835. The van der Waals surface area contributed by atoms with Crippen LogP contribution < -0.4 is 26.6 Å². The summed E-state index contributed by atoms with van der Waals surface area (Å²) in [6.45, 7) is 0.675. The Morgan fingerprint density at radius 2 is 1.73 bits per heavy atom. The minimum atomic E-state index is -4.43. The van der Waals surface area contributed by atoms with Crippen molar-refractivity contribution in [2.24, 2.45) is 7.05 Å². The number of oxazole rings is 1. The Bertz CT molecular complexity index is 2200. The summed E-state index contributed by atoms with van der Waals surface area (Å²) in [6, 6.07) is 6.55. The largest absolute Gasteiger partial charge is 0.444 e. The number of carbonyl (C=O) groups is 5. The van der Waals surface area contributed by atoms with Gasteiger partial charge in [-0.15, -0.1) is 0 Å². The lowest BCUT2D eigenvalue weighted by Crippen LogP contribution is -2.54. The quantitative estimate of drug-likeness (QED) is 0.0398. The minimum absolute atomic E-state index is 0.0130. The average Bonchev–Trinajstić information content (AvgIpc) is 3.92. The van der Waals surface area contributed by atoms with Gasteiger partial charge < -0.3 is 45.0 Å². The maximum atomic E-state index is 13.2. The van der Waals surface area contributed by atoms with Crippen LogP contribution in [0.1, 0.15) is 56.0 Å². The molecule has 5 amide bonds. The lowest BCUT2D eigenvalue weighted by molar-refractivity contribution is -0.136. The van der Waals surface area contributed by atoms with Crippen LogP contribution in [-0.4, -0.2) is 131 Å². The zero-order chi connectivity index (χ0) is 42.8. The zero-order valence-electron chi connectivity index (χ0n) is 32.0. The standard InChI is InChI=1S/C37H41F3N10O10/c1-49-18-24(45-31(52)25-19-60-34(46-25)21-7-8-42-27(17-21)44-20-37(38,39)40)30(48-49)33(54)43-10-12-58-14-16-59-15-13-57-11-9-41-23-4-2-3-22-29(23)36(56)50(35(22)55)26-5-6-28(51)47-32(26)53/h2-4,7-8,17-19,26,31,41,45,52H,5-6,9-16,20H2,1H3,(H,42,44)(H,43,54)(H,47,51,53). The number of hydrogen-bond acceptors (Lipinski definition) is 16. The van der Waals surface area contributed by atoms with Crippen LogP contribution in [-0.2, 0) is 30.8 Å². The molecule has 2 atom stereocenters. The predicted molar refractivity (Wildman–Crippen MR) is 202 cm³/mol. The molecular weight excluding hydrogens is 801 g/mol. The van der Waals surface area contributed by atoms with Crippen molar-refractivity contribution in [3.05, 3.63) is 71.5 Å². The number of aromatic nitrogens is 4. The molecule has 1 saturated heterocycles. The number of carbonyl (C=O) groups excluding carboxylic acids is 5. The summed E-state index contributed by atoms with van der Waals surface area (Å²) in [5.74, 6) is -2.88. The number of nitrogens with zero attached hydrogens (tertiary/aromatic N) is 5. The molecule has 2 aliphatic heterocycles. The number of aryl methyl sites for hydroxylation is 1. The summed E-state index contributed by atoms with van der Waals surface area (Å²) in [5, 5.41) is 27.8. The average molecular weight is 843 g/mol. The Morgan fingerprint density at radius 3 is 2.47 bits per heavy atom. The van der Waals surface area contributed by atoms with Crippen LogP contribution in [0.5, 0.6) is 0 Å². The second kappa shape index (κ2) is 19.5. The topological polar surface area (TPSA) is 253 Å². The lowest BCUT2D eigenvalue weighted by atomic mass is 10.0. The highest BCUT2D eigenvalue weighted by molar-refractivity contribution is 6.25. The van der Waals surface area contributed by atoms with E-state index in [1.807, 2.05) is 0 Å². The summed E-state index contributed by atoms with van der Waals surface area (Å²) in [4.78, 5) is 71.9. The first-order valence-corrected chi connectivity index (χ1v) is 18.6. The van der Waals surface area contributed by atoms with Gasteiger partial charge in [0.15, 0.2) is 11.9 Å². The molecule has 5 heterocycles. The molecule has 1 aromatic carbocycles. The van der Waals surface area contributed by atoms with Crippen molar-refractivity contribution in [2.45, 2.75) is 31.3 Å². The molecule has 2 aliphatic rings. The monoisotopic (exact) mass is 842 g/mol. The van der Waals surface area contributed by atoms with E-state index in [1.54, 1.807) is 19.2 Å². The van der Waals surface area contributed by atoms with E-state index in [-0.39, 0.29) is 98.9 Å². The van der Waals surface area contributed by atoms with E-state index in [1.165, 1.54) is 35.3 Å². The van der Waals surface area contributed by atoms with Crippen LogP contribution in [0.2, 0.25) is 0 Å². The molecule has 0 radical (unpaired) electrons. The first-order valence-electron chi connectivity index (χ1n) is 18.6. The predicted octanol–water partition coefficient (Wildman–Crippen LogP) is 1.84. The number of aliphatic hydroxyl groups excluding tert-OH is 1. The molecule has 23 heteroatoms. The van der Waals surface area contributed by atoms with Crippen LogP contribution in [0.3, 0.4) is 0 Å². The minimum Gasteiger partial charge on any atom is -0.444 e. The number of rotatable bonds is 21. The first-order chi connectivity index (χ1) is 28.8.